The number of carbonyl (C=O) groups is 1. The zero-order chi connectivity index (χ0) is 14.5. The molecule has 0 saturated heterocycles. The predicted octanol–water partition coefficient (Wildman–Crippen LogP) is 1.79. The van der Waals surface area contributed by atoms with Gasteiger partial charge in [0.15, 0.2) is 5.69 Å². The molecule has 0 N–H and O–H groups in total. The molecule has 2 aromatic heterocycles. The summed E-state index contributed by atoms with van der Waals surface area (Å²) in [5.74, 6) is -0.139. The van der Waals surface area contributed by atoms with E-state index in [4.69, 9.17) is 9.15 Å². The van der Waals surface area contributed by atoms with Crippen molar-refractivity contribution in [2.75, 3.05) is 6.61 Å². The van der Waals surface area contributed by atoms with Gasteiger partial charge < -0.3 is 9.15 Å². The smallest absolute Gasteiger partial charge is 0.360 e. The molecule has 2 heterocycles. The van der Waals surface area contributed by atoms with Crippen molar-refractivity contribution in [3.8, 4) is 11.5 Å². The van der Waals surface area contributed by atoms with Gasteiger partial charge in [-0.3, -0.25) is 0 Å². The van der Waals surface area contributed by atoms with Crippen LogP contribution in [0.2, 0.25) is 0 Å². The fraction of sp³-hybridized carbons (Fsp3) is 0.143. The van der Waals surface area contributed by atoms with Crippen LogP contribution in [0, 0.1) is 0 Å². The molecule has 3 rings (SSSR count). The third-order valence-corrected chi connectivity index (χ3v) is 2.75. The van der Waals surface area contributed by atoms with Crippen LogP contribution in [0.4, 0.5) is 0 Å². The SMILES string of the molecule is O=C(OCCn1cncn1)c1coc(-c2ccccc2)n1. The second kappa shape index (κ2) is 6.00. The van der Waals surface area contributed by atoms with E-state index in [1.165, 1.54) is 12.6 Å². The number of hydrogen-bond acceptors (Lipinski definition) is 6. The lowest BCUT2D eigenvalue weighted by Crippen LogP contribution is -2.12. The Morgan fingerprint density at radius 2 is 2.14 bits per heavy atom. The van der Waals surface area contributed by atoms with E-state index >= 15 is 0 Å². The Bertz CT molecular complexity index is 707. The van der Waals surface area contributed by atoms with Crippen molar-refractivity contribution in [2.45, 2.75) is 6.54 Å². The first-order chi connectivity index (χ1) is 10.3. The van der Waals surface area contributed by atoms with Crippen molar-refractivity contribution >= 4 is 5.97 Å². The molecule has 0 atom stereocenters. The zero-order valence-corrected chi connectivity index (χ0v) is 11.0. The van der Waals surface area contributed by atoms with Gasteiger partial charge in [0, 0.05) is 5.56 Å². The van der Waals surface area contributed by atoms with Crippen molar-refractivity contribution in [3.05, 3.63) is 54.9 Å². The number of oxazole rings is 1. The molecule has 0 spiro atoms. The summed E-state index contributed by atoms with van der Waals surface area (Å²) >= 11 is 0. The van der Waals surface area contributed by atoms with E-state index in [1.54, 1.807) is 11.0 Å². The first-order valence-corrected chi connectivity index (χ1v) is 6.33. The monoisotopic (exact) mass is 284 g/mol. The summed E-state index contributed by atoms with van der Waals surface area (Å²) in [6.07, 6.45) is 4.27. The van der Waals surface area contributed by atoms with Crippen molar-refractivity contribution in [1.82, 2.24) is 19.7 Å². The average Bonchev–Trinajstić information content (AvgIpc) is 3.20. The number of benzene rings is 1. The van der Waals surface area contributed by atoms with Crippen LogP contribution in [0.1, 0.15) is 10.5 Å². The van der Waals surface area contributed by atoms with Gasteiger partial charge in [-0.15, -0.1) is 0 Å². The number of nitrogens with zero attached hydrogens (tertiary/aromatic N) is 4. The first kappa shape index (κ1) is 13.0. The summed E-state index contributed by atoms with van der Waals surface area (Å²) < 4.78 is 12.0. The summed E-state index contributed by atoms with van der Waals surface area (Å²) in [6, 6.07) is 9.34. The van der Waals surface area contributed by atoms with Crippen molar-refractivity contribution in [2.24, 2.45) is 0 Å². The fourth-order valence-corrected chi connectivity index (χ4v) is 1.73. The maximum atomic E-state index is 11.8. The average molecular weight is 284 g/mol. The quantitative estimate of drug-likeness (QED) is 0.664. The molecule has 0 aliphatic heterocycles. The molecular weight excluding hydrogens is 272 g/mol. The minimum atomic E-state index is -0.527. The number of carbonyl (C=O) groups excluding carboxylic acids is 1. The molecule has 7 nitrogen and oxygen atoms in total. The van der Waals surface area contributed by atoms with E-state index < -0.39 is 5.97 Å². The summed E-state index contributed by atoms with van der Waals surface area (Å²) in [7, 11) is 0. The molecule has 106 valence electrons. The van der Waals surface area contributed by atoms with E-state index in [0.717, 1.165) is 5.56 Å². The lowest BCUT2D eigenvalue weighted by molar-refractivity contribution is 0.0480. The highest BCUT2D eigenvalue weighted by Crippen LogP contribution is 2.18. The Labute approximate surface area is 120 Å². The Hall–Kier alpha value is -2.96. The van der Waals surface area contributed by atoms with Crippen LogP contribution in [-0.2, 0) is 11.3 Å². The van der Waals surface area contributed by atoms with Crippen molar-refractivity contribution in [1.29, 1.82) is 0 Å². The van der Waals surface area contributed by atoms with Crippen molar-refractivity contribution in [3.63, 3.8) is 0 Å². The van der Waals surface area contributed by atoms with Crippen LogP contribution in [-0.4, -0.2) is 32.3 Å². The van der Waals surface area contributed by atoms with Gasteiger partial charge in [0.25, 0.3) is 0 Å². The highest BCUT2D eigenvalue weighted by molar-refractivity contribution is 5.87. The molecule has 0 fully saturated rings. The second-order valence-electron chi connectivity index (χ2n) is 4.20. The maximum absolute atomic E-state index is 11.8. The van der Waals surface area contributed by atoms with E-state index in [2.05, 4.69) is 15.1 Å². The van der Waals surface area contributed by atoms with E-state index in [0.29, 0.717) is 12.4 Å². The zero-order valence-electron chi connectivity index (χ0n) is 11.0. The number of rotatable bonds is 5. The first-order valence-electron chi connectivity index (χ1n) is 6.33. The number of hydrogen-bond donors (Lipinski definition) is 0. The molecule has 21 heavy (non-hydrogen) atoms. The predicted molar refractivity (Wildman–Crippen MR) is 72.2 cm³/mol. The van der Waals surface area contributed by atoms with Gasteiger partial charge in [-0.2, -0.15) is 5.10 Å². The topological polar surface area (TPSA) is 83.0 Å². The largest absolute Gasteiger partial charge is 0.459 e. The van der Waals surface area contributed by atoms with Crippen LogP contribution in [0.15, 0.2) is 53.7 Å². The summed E-state index contributed by atoms with van der Waals surface area (Å²) in [6.45, 7) is 0.630. The number of aromatic nitrogens is 4. The Kier molecular flexibility index (Phi) is 3.72. The number of ether oxygens (including phenoxy) is 1. The van der Waals surface area contributed by atoms with Crippen LogP contribution < -0.4 is 0 Å². The molecule has 0 aliphatic rings. The van der Waals surface area contributed by atoms with E-state index in [-0.39, 0.29) is 12.3 Å². The molecule has 3 aromatic rings. The Morgan fingerprint density at radius 1 is 1.29 bits per heavy atom. The van der Waals surface area contributed by atoms with Crippen LogP contribution >= 0.6 is 0 Å². The van der Waals surface area contributed by atoms with E-state index in [1.807, 2.05) is 30.3 Å². The molecule has 1 aromatic carbocycles. The van der Waals surface area contributed by atoms with Gasteiger partial charge in [-0.05, 0) is 12.1 Å². The third kappa shape index (κ3) is 3.14. The minimum absolute atomic E-state index is 0.146. The van der Waals surface area contributed by atoms with Crippen molar-refractivity contribution < 1.29 is 13.9 Å². The minimum Gasteiger partial charge on any atom is -0.459 e. The van der Waals surface area contributed by atoms with Gasteiger partial charge in [-0.25, -0.2) is 19.4 Å². The highest BCUT2D eigenvalue weighted by Gasteiger charge is 2.14. The highest BCUT2D eigenvalue weighted by atomic mass is 16.5. The fourth-order valence-electron chi connectivity index (χ4n) is 1.73. The molecule has 7 heteroatoms. The maximum Gasteiger partial charge on any atom is 0.360 e. The molecule has 0 radical (unpaired) electrons. The Balaban J connectivity index is 1.59. The molecule has 0 unspecified atom stereocenters. The normalized spacial score (nSPS) is 10.5. The number of esters is 1. The van der Waals surface area contributed by atoms with Crippen LogP contribution in [0.3, 0.4) is 0 Å². The molecular formula is C14H12N4O3. The van der Waals surface area contributed by atoms with Gasteiger partial charge >= 0.3 is 5.97 Å². The van der Waals surface area contributed by atoms with Crippen LogP contribution in [0.25, 0.3) is 11.5 Å². The molecule has 0 aliphatic carbocycles. The van der Waals surface area contributed by atoms with E-state index in [9.17, 15) is 4.79 Å². The standard InChI is InChI=1S/C14H12N4O3/c19-14(20-7-6-18-10-15-9-16-18)12-8-21-13(17-12)11-4-2-1-3-5-11/h1-5,8-10H,6-7H2. The lowest BCUT2D eigenvalue weighted by atomic mass is 10.2. The summed E-state index contributed by atoms with van der Waals surface area (Å²) in [5.41, 5.74) is 0.951. The van der Waals surface area contributed by atoms with Gasteiger partial charge in [0.1, 0.15) is 25.5 Å². The summed E-state index contributed by atoms with van der Waals surface area (Å²) in [4.78, 5) is 19.7. The van der Waals surface area contributed by atoms with Gasteiger partial charge in [0.05, 0.1) is 6.54 Å². The van der Waals surface area contributed by atoms with Gasteiger partial charge in [0.2, 0.25) is 5.89 Å². The van der Waals surface area contributed by atoms with Crippen LogP contribution in [0.5, 0.6) is 0 Å². The lowest BCUT2D eigenvalue weighted by Gasteiger charge is -2.01. The molecule has 0 saturated carbocycles. The summed E-state index contributed by atoms with van der Waals surface area (Å²) in [5, 5.41) is 3.91. The van der Waals surface area contributed by atoms with Gasteiger partial charge in [-0.1, -0.05) is 18.2 Å². The Morgan fingerprint density at radius 3 is 2.90 bits per heavy atom. The molecule has 0 amide bonds. The second-order valence-corrected chi connectivity index (χ2v) is 4.20. The third-order valence-electron chi connectivity index (χ3n) is 2.75. The molecule has 0 bridgehead atoms.